The van der Waals surface area contributed by atoms with Crippen molar-refractivity contribution < 1.29 is 0 Å². The summed E-state index contributed by atoms with van der Waals surface area (Å²) in [6.45, 7) is 24.8. The summed E-state index contributed by atoms with van der Waals surface area (Å²) in [4.78, 5) is 20.2. The van der Waals surface area contributed by atoms with Gasteiger partial charge in [0.1, 0.15) is 11.6 Å². The fourth-order valence-electron chi connectivity index (χ4n) is 5.06. The Morgan fingerprint density at radius 1 is 0.639 bits per heavy atom. The van der Waals surface area contributed by atoms with Crippen LogP contribution < -0.4 is 9.80 Å². The lowest BCUT2D eigenvalue weighted by atomic mass is 9.90. The molecule has 0 amide bonds. The van der Waals surface area contributed by atoms with Crippen LogP contribution in [0.1, 0.15) is 65.9 Å². The third-order valence-electron chi connectivity index (χ3n) is 7.54. The van der Waals surface area contributed by atoms with Gasteiger partial charge in [0, 0.05) is 74.9 Å². The maximum absolute atomic E-state index is 5.01. The van der Waals surface area contributed by atoms with Crippen molar-refractivity contribution in [1.82, 2.24) is 19.8 Å². The van der Waals surface area contributed by atoms with Crippen LogP contribution in [-0.4, -0.2) is 85.2 Å². The first-order chi connectivity index (χ1) is 17.1. The van der Waals surface area contributed by atoms with E-state index >= 15 is 0 Å². The smallest absolute Gasteiger partial charge is 0.136 e. The van der Waals surface area contributed by atoms with Crippen molar-refractivity contribution in [2.45, 2.75) is 65.2 Å². The Balaban J connectivity index is 1.19. The van der Waals surface area contributed by atoms with E-state index in [4.69, 9.17) is 9.97 Å². The zero-order valence-electron chi connectivity index (χ0n) is 23.6. The van der Waals surface area contributed by atoms with E-state index in [2.05, 4.69) is 97.5 Å². The number of rotatable bonds is 7. The van der Waals surface area contributed by atoms with E-state index in [1.807, 2.05) is 0 Å². The number of piperazine rings is 2. The van der Waals surface area contributed by atoms with Crippen LogP contribution in [0, 0.1) is 0 Å². The van der Waals surface area contributed by atoms with Gasteiger partial charge in [0.05, 0.1) is 5.69 Å². The summed E-state index contributed by atoms with van der Waals surface area (Å²) in [5.74, 6) is 2.06. The number of para-hydroxylation sites is 1. The number of anilines is 2. The molecule has 6 nitrogen and oxygen atoms in total. The first-order valence-electron chi connectivity index (χ1n) is 14.0. The molecule has 0 spiro atoms. The van der Waals surface area contributed by atoms with Crippen molar-refractivity contribution in [1.29, 1.82) is 0 Å². The van der Waals surface area contributed by atoms with Gasteiger partial charge in [-0.25, -0.2) is 9.97 Å². The number of nitrogens with zero attached hydrogens (tertiary/aromatic N) is 6. The summed E-state index contributed by atoms with van der Waals surface area (Å²) in [6, 6.07) is 13.1. The second-order valence-corrected chi connectivity index (χ2v) is 12.6. The van der Waals surface area contributed by atoms with E-state index in [0.29, 0.717) is 0 Å². The Kier molecular flexibility index (Phi) is 8.56. The van der Waals surface area contributed by atoms with Gasteiger partial charge in [0.2, 0.25) is 0 Å². The lowest BCUT2D eigenvalue weighted by Crippen LogP contribution is -2.48. The number of unbranched alkanes of at least 4 members (excludes halogenated alkanes) is 1. The van der Waals surface area contributed by atoms with E-state index < -0.39 is 0 Å². The van der Waals surface area contributed by atoms with Gasteiger partial charge in [0.15, 0.2) is 0 Å². The molecule has 0 saturated carbocycles. The quantitative estimate of drug-likeness (QED) is 0.517. The van der Waals surface area contributed by atoms with Gasteiger partial charge in [-0.05, 0) is 38.1 Å². The van der Waals surface area contributed by atoms with Gasteiger partial charge in [-0.3, -0.25) is 9.80 Å². The Hall–Kier alpha value is -2.18. The SMILES string of the molecule is CC(C)(C)c1cc(N2CCN(CCCCN3CCN(c4ccccc4)CC3)CC2)nc(C(C)(C)C)n1. The van der Waals surface area contributed by atoms with Crippen molar-refractivity contribution in [3.05, 3.63) is 47.9 Å². The molecule has 3 heterocycles. The Bertz CT molecular complexity index is 913. The summed E-state index contributed by atoms with van der Waals surface area (Å²) >= 11 is 0. The molecule has 2 aromatic rings. The Morgan fingerprint density at radius 3 is 1.67 bits per heavy atom. The van der Waals surface area contributed by atoms with E-state index in [1.54, 1.807) is 0 Å². The van der Waals surface area contributed by atoms with Crippen molar-refractivity contribution >= 4 is 11.5 Å². The summed E-state index contributed by atoms with van der Waals surface area (Å²) in [5.41, 5.74) is 2.48. The predicted molar refractivity (Wildman–Crippen MR) is 152 cm³/mol. The lowest BCUT2D eigenvalue weighted by Gasteiger charge is -2.37. The Labute approximate surface area is 219 Å². The van der Waals surface area contributed by atoms with Crippen LogP contribution in [0.25, 0.3) is 0 Å². The van der Waals surface area contributed by atoms with Crippen LogP contribution in [0.15, 0.2) is 36.4 Å². The van der Waals surface area contributed by atoms with Crippen LogP contribution in [0.4, 0.5) is 11.5 Å². The molecule has 4 rings (SSSR count). The van der Waals surface area contributed by atoms with Crippen molar-refractivity contribution in [2.75, 3.05) is 75.2 Å². The van der Waals surface area contributed by atoms with Crippen molar-refractivity contribution in [2.24, 2.45) is 0 Å². The van der Waals surface area contributed by atoms with Crippen LogP contribution >= 0.6 is 0 Å². The molecule has 0 bridgehead atoms. The monoisotopic (exact) mass is 492 g/mol. The highest BCUT2D eigenvalue weighted by atomic mass is 15.3. The summed E-state index contributed by atoms with van der Waals surface area (Å²) < 4.78 is 0. The molecular weight excluding hydrogens is 444 g/mol. The maximum Gasteiger partial charge on any atom is 0.136 e. The number of benzene rings is 1. The molecule has 6 heteroatoms. The van der Waals surface area contributed by atoms with Crippen LogP contribution in [0.3, 0.4) is 0 Å². The highest BCUT2D eigenvalue weighted by Crippen LogP contribution is 2.28. The highest BCUT2D eigenvalue weighted by molar-refractivity contribution is 5.46. The second-order valence-electron chi connectivity index (χ2n) is 12.6. The summed E-state index contributed by atoms with van der Waals surface area (Å²) in [7, 11) is 0. The molecule has 0 atom stereocenters. The van der Waals surface area contributed by atoms with Crippen LogP contribution in [0.2, 0.25) is 0 Å². The molecule has 2 fully saturated rings. The molecule has 2 aliphatic rings. The molecule has 2 saturated heterocycles. The minimum absolute atomic E-state index is 0.0215. The van der Waals surface area contributed by atoms with Gasteiger partial charge >= 0.3 is 0 Å². The minimum Gasteiger partial charge on any atom is -0.369 e. The highest BCUT2D eigenvalue weighted by Gasteiger charge is 2.26. The third kappa shape index (κ3) is 7.19. The molecule has 1 aromatic carbocycles. The van der Waals surface area contributed by atoms with Crippen LogP contribution in [0.5, 0.6) is 0 Å². The second kappa shape index (κ2) is 11.5. The minimum atomic E-state index is -0.0496. The van der Waals surface area contributed by atoms with E-state index in [1.165, 1.54) is 44.7 Å². The molecule has 36 heavy (non-hydrogen) atoms. The average molecular weight is 493 g/mol. The molecular formula is C30H48N6. The predicted octanol–water partition coefficient (Wildman–Crippen LogP) is 4.80. The zero-order chi connectivity index (χ0) is 25.8. The van der Waals surface area contributed by atoms with Gasteiger partial charge in [-0.1, -0.05) is 59.7 Å². The van der Waals surface area contributed by atoms with Gasteiger partial charge < -0.3 is 9.80 Å². The molecule has 0 N–H and O–H groups in total. The van der Waals surface area contributed by atoms with Gasteiger partial charge in [-0.15, -0.1) is 0 Å². The fourth-order valence-corrected chi connectivity index (χ4v) is 5.06. The normalized spacial score (nSPS) is 18.6. The Morgan fingerprint density at radius 2 is 1.17 bits per heavy atom. The number of hydrogen-bond acceptors (Lipinski definition) is 6. The van der Waals surface area contributed by atoms with Gasteiger partial charge in [-0.2, -0.15) is 0 Å². The molecule has 0 radical (unpaired) electrons. The van der Waals surface area contributed by atoms with E-state index in [-0.39, 0.29) is 10.8 Å². The largest absolute Gasteiger partial charge is 0.369 e. The molecule has 1 aromatic heterocycles. The van der Waals surface area contributed by atoms with E-state index in [9.17, 15) is 0 Å². The van der Waals surface area contributed by atoms with Crippen molar-refractivity contribution in [3.63, 3.8) is 0 Å². The van der Waals surface area contributed by atoms with E-state index in [0.717, 1.165) is 56.6 Å². The fraction of sp³-hybridized carbons (Fsp3) is 0.667. The van der Waals surface area contributed by atoms with Crippen molar-refractivity contribution in [3.8, 4) is 0 Å². The summed E-state index contributed by atoms with van der Waals surface area (Å²) in [5, 5.41) is 0. The zero-order valence-corrected chi connectivity index (χ0v) is 23.6. The standard InChI is InChI=1S/C30H48N6/c1-29(2,3)26-24-27(32-28(31-26)30(4,5)6)36-22-18-34(19-23-36)15-11-10-14-33-16-20-35(21-17-33)25-12-8-7-9-13-25/h7-9,12-13,24H,10-11,14-23H2,1-6H3. The first kappa shape index (κ1) is 26.9. The molecule has 0 unspecified atom stereocenters. The third-order valence-corrected chi connectivity index (χ3v) is 7.54. The molecule has 2 aliphatic heterocycles. The van der Waals surface area contributed by atoms with Gasteiger partial charge in [0.25, 0.3) is 0 Å². The molecule has 198 valence electrons. The van der Waals surface area contributed by atoms with Crippen LogP contribution in [-0.2, 0) is 10.8 Å². The average Bonchev–Trinajstić information content (AvgIpc) is 2.86. The lowest BCUT2D eigenvalue weighted by molar-refractivity contribution is 0.227. The summed E-state index contributed by atoms with van der Waals surface area (Å²) in [6.07, 6.45) is 2.58. The number of hydrogen-bond donors (Lipinski definition) is 0. The maximum atomic E-state index is 5.01. The topological polar surface area (TPSA) is 38.7 Å². The molecule has 0 aliphatic carbocycles. The first-order valence-corrected chi connectivity index (χ1v) is 14.0. The number of aromatic nitrogens is 2.